The highest BCUT2D eigenvalue weighted by atomic mass is 19.3. The zero-order valence-electron chi connectivity index (χ0n) is 17.0. The number of aliphatic hydroxyl groups excluding tert-OH is 1. The Morgan fingerprint density at radius 2 is 2.09 bits per heavy atom. The summed E-state index contributed by atoms with van der Waals surface area (Å²) in [4.78, 5) is 30.5. The van der Waals surface area contributed by atoms with E-state index in [0.717, 1.165) is 34.2 Å². The van der Waals surface area contributed by atoms with Crippen molar-refractivity contribution >= 4 is 29.0 Å². The number of halogens is 3. The van der Waals surface area contributed by atoms with Gasteiger partial charge in [0.05, 0.1) is 18.8 Å². The van der Waals surface area contributed by atoms with Crippen LogP contribution in [0.4, 0.5) is 24.5 Å². The summed E-state index contributed by atoms with van der Waals surface area (Å²) in [6.07, 6.45) is -3.57. The second kappa shape index (κ2) is 9.08. The summed E-state index contributed by atoms with van der Waals surface area (Å²) in [7, 11) is 0. The molecule has 174 valence electrons. The van der Waals surface area contributed by atoms with Crippen molar-refractivity contribution < 1.29 is 37.3 Å². The molecule has 4 rings (SSSR count). The molecule has 2 aromatic rings. The zero-order valence-corrected chi connectivity index (χ0v) is 17.0. The number of benzene rings is 2. The number of carbonyl (C=O) groups is 2. The van der Waals surface area contributed by atoms with Crippen molar-refractivity contribution in [3.63, 3.8) is 0 Å². The van der Waals surface area contributed by atoms with Crippen LogP contribution in [0.1, 0.15) is 11.1 Å². The number of rotatable bonds is 6. The SMILES string of the molecule is NC1=NCc2cc(NC(=O)[C@H](O)C3OCCN(c4cc(F)ccc4OC(F)F)C3=O)ccc21. The molecule has 2 aliphatic heterocycles. The van der Waals surface area contributed by atoms with Crippen LogP contribution in [0.3, 0.4) is 0 Å². The van der Waals surface area contributed by atoms with Crippen LogP contribution in [0.5, 0.6) is 5.75 Å². The Morgan fingerprint density at radius 1 is 1.30 bits per heavy atom. The van der Waals surface area contributed by atoms with E-state index in [2.05, 4.69) is 15.0 Å². The van der Waals surface area contributed by atoms with E-state index in [-0.39, 0.29) is 18.8 Å². The second-order valence-corrected chi connectivity index (χ2v) is 7.28. The van der Waals surface area contributed by atoms with Gasteiger partial charge in [0.2, 0.25) is 0 Å². The van der Waals surface area contributed by atoms with Gasteiger partial charge in [0, 0.05) is 23.9 Å². The first-order valence-corrected chi connectivity index (χ1v) is 9.84. The van der Waals surface area contributed by atoms with Gasteiger partial charge >= 0.3 is 6.61 Å². The van der Waals surface area contributed by atoms with Gasteiger partial charge in [0.15, 0.2) is 12.2 Å². The molecular weight excluding hydrogens is 445 g/mol. The van der Waals surface area contributed by atoms with Crippen LogP contribution in [0.25, 0.3) is 0 Å². The van der Waals surface area contributed by atoms with Crippen LogP contribution in [0.15, 0.2) is 41.4 Å². The monoisotopic (exact) mass is 464 g/mol. The smallest absolute Gasteiger partial charge is 0.387 e. The van der Waals surface area contributed by atoms with Crippen molar-refractivity contribution in [1.29, 1.82) is 0 Å². The average molecular weight is 464 g/mol. The van der Waals surface area contributed by atoms with Crippen LogP contribution in [-0.4, -0.2) is 54.7 Å². The highest BCUT2D eigenvalue weighted by Crippen LogP contribution is 2.33. The molecule has 1 unspecified atom stereocenters. The molecule has 9 nitrogen and oxygen atoms in total. The van der Waals surface area contributed by atoms with Crippen LogP contribution >= 0.6 is 0 Å². The van der Waals surface area contributed by atoms with E-state index in [1.54, 1.807) is 18.2 Å². The minimum Gasteiger partial charge on any atom is -0.433 e. The lowest BCUT2D eigenvalue weighted by Crippen LogP contribution is -2.55. The van der Waals surface area contributed by atoms with Gasteiger partial charge in [0.1, 0.15) is 17.4 Å². The lowest BCUT2D eigenvalue weighted by molar-refractivity contribution is -0.150. The normalized spacial score (nSPS) is 18.7. The Morgan fingerprint density at radius 3 is 2.85 bits per heavy atom. The molecule has 2 heterocycles. The Labute approximate surface area is 185 Å². The third-order valence-corrected chi connectivity index (χ3v) is 5.17. The number of anilines is 2. The fourth-order valence-electron chi connectivity index (χ4n) is 3.63. The molecule has 1 fully saturated rings. The number of aliphatic imine (C=N–C) groups is 1. The lowest BCUT2D eigenvalue weighted by Gasteiger charge is -2.34. The quantitative estimate of drug-likeness (QED) is 0.593. The van der Waals surface area contributed by atoms with Crippen molar-refractivity contribution in [3.05, 3.63) is 53.3 Å². The number of hydrogen-bond donors (Lipinski definition) is 3. The van der Waals surface area contributed by atoms with Gasteiger partial charge in [-0.25, -0.2) is 4.39 Å². The summed E-state index contributed by atoms with van der Waals surface area (Å²) in [5, 5.41) is 13.0. The van der Waals surface area contributed by atoms with E-state index in [4.69, 9.17) is 10.5 Å². The highest BCUT2D eigenvalue weighted by Gasteiger charge is 2.40. The van der Waals surface area contributed by atoms with Crippen molar-refractivity contribution in [3.8, 4) is 5.75 Å². The van der Waals surface area contributed by atoms with E-state index in [0.29, 0.717) is 18.1 Å². The number of alkyl halides is 2. The number of aliphatic hydroxyl groups is 1. The average Bonchev–Trinajstić information content (AvgIpc) is 3.14. The predicted molar refractivity (Wildman–Crippen MR) is 111 cm³/mol. The third kappa shape index (κ3) is 4.61. The van der Waals surface area contributed by atoms with Gasteiger partial charge in [-0.2, -0.15) is 8.78 Å². The molecule has 0 radical (unpaired) electrons. The number of amides is 2. The largest absolute Gasteiger partial charge is 0.433 e. The Bertz CT molecular complexity index is 1130. The Balaban J connectivity index is 1.50. The number of fused-ring (bicyclic) bond motifs is 1. The number of nitrogens with two attached hydrogens (primary N) is 1. The van der Waals surface area contributed by atoms with Crippen LogP contribution in [0.2, 0.25) is 0 Å². The Kier molecular flexibility index (Phi) is 6.20. The first kappa shape index (κ1) is 22.6. The fourth-order valence-corrected chi connectivity index (χ4v) is 3.63. The van der Waals surface area contributed by atoms with Gasteiger partial charge in [-0.05, 0) is 35.9 Å². The van der Waals surface area contributed by atoms with Crippen LogP contribution < -0.4 is 20.7 Å². The summed E-state index contributed by atoms with van der Waals surface area (Å²) < 4.78 is 48.9. The first-order valence-electron chi connectivity index (χ1n) is 9.84. The van der Waals surface area contributed by atoms with Crippen LogP contribution in [0, 0.1) is 5.82 Å². The minimum atomic E-state index is -3.20. The van der Waals surface area contributed by atoms with Gasteiger partial charge in [-0.1, -0.05) is 0 Å². The summed E-state index contributed by atoms with van der Waals surface area (Å²) in [6, 6.07) is 7.58. The molecule has 2 atom stereocenters. The lowest BCUT2D eigenvalue weighted by atomic mass is 10.1. The maximum Gasteiger partial charge on any atom is 0.387 e. The van der Waals surface area contributed by atoms with Gasteiger partial charge in [0.25, 0.3) is 11.8 Å². The molecular formula is C21H19F3N4O5. The maximum atomic E-state index is 13.8. The molecule has 0 aliphatic carbocycles. The number of nitrogens with zero attached hydrogens (tertiary/aromatic N) is 2. The number of amidine groups is 1. The topological polar surface area (TPSA) is 126 Å². The second-order valence-electron chi connectivity index (χ2n) is 7.28. The number of ether oxygens (including phenoxy) is 2. The maximum absolute atomic E-state index is 13.8. The summed E-state index contributed by atoms with van der Waals surface area (Å²) >= 11 is 0. The molecule has 2 aliphatic rings. The standard InChI is InChI=1S/C21H19F3N4O5/c22-11-1-4-15(33-21(23)24)14(8-11)28-5-6-32-17(20(28)31)16(29)19(30)27-12-2-3-13-10(7-12)9-26-18(13)25/h1-4,7-8,16-17,21,29H,5-6,9H2,(H2,25,26)(H,27,30)/t16-,17?/m1/s1. The molecule has 0 spiro atoms. The van der Waals surface area contributed by atoms with E-state index in [1.165, 1.54) is 0 Å². The number of morpholine rings is 1. The molecule has 12 heteroatoms. The van der Waals surface area contributed by atoms with Crippen molar-refractivity contribution in [2.24, 2.45) is 10.7 Å². The number of carbonyl (C=O) groups excluding carboxylic acids is 2. The van der Waals surface area contributed by atoms with Gasteiger partial charge in [-0.3, -0.25) is 14.6 Å². The predicted octanol–water partition coefficient (Wildman–Crippen LogP) is 1.38. The first-order chi connectivity index (χ1) is 15.7. The van der Waals surface area contributed by atoms with Crippen molar-refractivity contribution in [2.45, 2.75) is 25.4 Å². The zero-order chi connectivity index (χ0) is 23.7. The molecule has 2 aromatic carbocycles. The van der Waals surface area contributed by atoms with E-state index in [1.807, 2.05) is 0 Å². The fraction of sp³-hybridized carbons (Fsp3) is 0.286. The van der Waals surface area contributed by atoms with Gasteiger partial charge in [-0.15, -0.1) is 0 Å². The Hall–Kier alpha value is -3.64. The van der Waals surface area contributed by atoms with Crippen molar-refractivity contribution in [1.82, 2.24) is 0 Å². The van der Waals surface area contributed by atoms with Crippen LogP contribution in [-0.2, 0) is 20.9 Å². The summed E-state index contributed by atoms with van der Waals surface area (Å²) in [5.74, 6) is -2.67. The number of nitrogens with one attached hydrogen (secondary N) is 1. The molecule has 1 saturated heterocycles. The van der Waals surface area contributed by atoms with E-state index < -0.39 is 42.2 Å². The van der Waals surface area contributed by atoms with E-state index in [9.17, 15) is 27.9 Å². The molecule has 0 aromatic heterocycles. The van der Waals surface area contributed by atoms with E-state index >= 15 is 0 Å². The molecule has 0 bridgehead atoms. The number of hydrogen-bond acceptors (Lipinski definition) is 7. The molecule has 2 amide bonds. The van der Waals surface area contributed by atoms with Crippen molar-refractivity contribution in [2.75, 3.05) is 23.4 Å². The molecule has 33 heavy (non-hydrogen) atoms. The minimum absolute atomic E-state index is 0.126. The van der Waals surface area contributed by atoms with Gasteiger partial charge < -0.3 is 30.5 Å². The third-order valence-electron chi connectivity index (χ3n) is 5.17. The molecule has 0 saturated carbocycles. The summed E-state index contributed by atoms with van der Waals surface area (Å²) in [6.45, 7) is -3.12. The summed E-state index contributed by atoms with van der Waals surface area (Å²) in [5.41, 5.74) is 7.37. The highest BCUT2D eigenvalue weighted by molar-refractivity contribution is 6.05. The molecule has 4 N–H and O–H groups in total.